The molecule has 0 aromatic heterocycles. The summed E-state index contributed by atoms with van der Waals surface area (Å²) in [6.07, 6.45) is 2.56. The highest BCUT2D eigenvalue weighted by molar-refractivity contribution is 7.99. The van der Waals surface area contributed by atoms with Crippen LogP contribution in [-0.2, 0) is 22.6 Å². The SMILES string of the molecule is CCCCNC(=O)C(Cc1ccccc1)N(Cc1ccc(F)cc1)C(=O)CCSc1ccc(C)cc1. The Kier molecular flexibility index (Phi) is 11.0. The minimum atomic E-state index is -0.661. The van der Waals surface area contributed by atoms with Crippen LogP contribution in [0.25, 0.3) is 0 Å². The van der Waals surface area contributed by atoms with Gasteiger partial charge in [-0.05, 0) is 48.7 Å². The number of amides is 2. The van der Waals surface area contributed by atoms with Gasteiger partial charge in [0, 0.05) is 36.6 Å². The zero-order valence-corrected chi connectivity index (χ0v) is 21.9. The smallest absolute Gasteiger partial charge is 0.243 e. The van der Waals surface area contributed by atoms with E-state index in [1.807, 2.05) is 37.3 Å². The van der Waals surface area contributed by atoms with Gasteiger partial charge in [-0.3, -0.25) is 9.59 Å². The van der Waals surface area contributed by atoms with E-state index in [4.69, 9.17) is 0 Å². The monoisotopic (exact) mass is 506 g/mol. The number of thioether (sulfide) groups is 1. The van der Waals surface area contributed by atoms with Crippen molar-refractivity contribution in [1.82, 2.24) is 10.2 Å². The van der Waals surface area contributed by atoms with E-state index in [0.29, 0.717) is 25.1 Å². The van der Waals surface area contributed by atoms with E-state index < -0.39 is 6.04 Å². The molecule has 0 heterocycles. The van der Waals surface area contributed by atoms with Gasteiger partial charge in [-0.1, -0.05) is 73.5 Å². The number of benzene rings is 3. The maximum atomic E-state index is 13.6. The standard InChI is InChI=1S/C30H35FN2O2S/c1-3-4-19-32-30(35)28(21-24-8-6-5-7-9-24)33(22-25-12-14-26(31)15-13-25)29(34)18-20-36-27-16-10-23(2)11-17-27/h5-17,28H,3-4,18-22H2,1-2H3,(H,32,35). The van der Waals surface area contributed by atoms with Gasteiger partial charge in [0.05, 0.1) is 0 Å². The summed E-state index contributed by atoms with van der Waals surface area (Å²) < 4.78 is 13.5. The molecule has 0 aliphatic rings. The minimum absolute atomic E-state index is 0.0921. The quantitative estimate of drug-likeness (QED) is 0.223. The molecule has 3 aromatic carbocycles. The van der Waals surface area contributed by atoms with Crippen LogP contribution in [-0.4, -0.2) is 35.1 Å². The van der Waals surface area contributed by atoms with Gasteiger partial charge in [0.15, 0.2) is 0 Å². The molecular formula is C30H35FN2O2S. The molecule has 0 aliphatic carbocycles. The summed E-state index contributed by atoms with van der Waals surface area (Å²) >= 11 is 1.63. The van der Waals surface area contributed by atoms with Crippen molar-refractivity contribution < 1.29 is 14.0 Å². The van der Waals surface area contributed by atoms with Crippen molar-refractivity contribution in [1.29, 1.82) is 0 Å². The first-order chi connectivity index (χ1) is 17.5. The molecule has 0 saturated heterocycles. The second-order valence-corrected chi connectivity index (χ2v) is 10.1. The molecule has 1 unspecified atom stereocenters. The van der Waals surface area contributed by atoms with E-state index in [1.54, 1.807) is 28.8 Å². The van der Waals surface area contributed by atoms with Gasteiger partial charge in [0.25, 0.3) is 0 Å². The number of halogens is 1. The van der Waals surface area contributed by atoms with Crippen molar-refractivity contribution in [2.45, 2.75) is 57.0 Å². The van der Waals surface area contributed by atoms with E-state index >= 15 is 0 Å². The highest BCUT2D eigenvalue weighted by atomic mass is 32.2. The number of nitrogens with zero attached hydrogens (tertiary/aromatic N) is 1. The number of carbonyl (C=O) groups excluding carboxylic acids is 2. The number of nitrogens with one attached hydrogen (secondary N) is 1. The van der Waals surface area contributed by atoms with Crippen LogP contribution >= 0.6 is 11.8 Å². The molecular weight excluding hydrogens is 471 g/mol. The zero-order chi connectivity index (χ0) is 25.8. The number of aryl methyl sites for hydroxylation is 1. The summed E-state index contributed by atoms with van der Waals surface area (Å²) in [4.78, 5) is 29.7. The molecule has 0 radical (unpaired) electrons. The Morgan fingerprint density at radius 3 is 2.31 bits per heavy atom. The number of hydrogen-bond donors (Lipinski definition) is 1. The molecule has 3 rings (SSSR count). The van der Waals surface area contributed by atoms with E-state index in [9.17, 15) is 14.0 Å². The first-order valence-electron chi connectivity index (χ1n) is 12.5. The van der Waals surface area contributed by atoms with Crippen molar-refractivity contribution >= 4 is 23.6 Å². The molecule has 0 bridgehead atoms. The van der Waals surface area contributed by atoms with Crippen molar-refractivity contribution in [3.63, 3.8) is 0 Å². The Labute approximate surface area is 218 Å². The number of carbonyl (C=O) groups is 2. The van der Waals surface area contributed by atoms with Gasteiger partial charge in [0.2, 0.25) is 11.8 Å². The summed E-state index contributed by atoms with van der Waals surface area (Å²) in [5, 5.41) is 3.02. The van der Waals surface area contributed by atoms with Crippen molar-refractivity contribution in [2.75, 3.05) is 12.3 Å². The Hall–Kier alpha value is -3.12. The highest BCUT2D eigenvalue weighted by Gasteiger charge is 2.30. The lowest BCUT2D eigenvalue weighted by Gasteiger charge is -2.31. The van der Waals surface area contributed by atoms with E-state index in [-0.39, 0.29) is 24.2 Å². The van der Waals surface area contributed by atoms with Gasteiger partial charge in [-0.15, -0.1) is 11.8 Å². The van der Waals surface area contributed by atoms with Crippen LogP contribution in [0.1, 0.15) is 42.9 Å². The molecule has 36 heavy (non-hydrogen) atoms. The molecule has 1 atom stereocenters. The predicted octanol–water partition coefficient (Wildman–Crippen LogP) is 6.17. The fraction of sp³-hybridized carbons (Fsp3) is 0.333. The second kappa shape index (κ2) is 14.4. The average molecular weight is 507 g/mol. The Bertz CT molecular complexity index is 1090. The lowest BCUT2D eigenvalue weighted by Crippen LogP contribution is -2.50. The second-order valence-electron chi connectivity index (χ2n) is 8.91. The Morgan fingerprint density at radius 2 is 1.64 bits per heavy atom. The lowest BCUT2D eigenvalue weighted by molar-refractivity contribution is -0.141. The summed E-state index contributed by atoms with van der Waals surface area (Å²) in [5.74, 6) is 0.0286. The third-order valence-corrected chi connectivity index (χ3v) is 6.99. The van der Waals surface area contributed by atoms with E-state index in [1.165, 1.54) is 17.7 Å². The molecule has 0 spiro atoms. The third-order valence-electron chi connectivity index (χ3n) is 5.97. The summed E-state index contributed by atoms with van der Waals surface area (Å²) in [6, 6.07) is 23.4. The van der Waals surface area contributed by atoms with E-state index in [2.05, 4.69) is 36.5 Å². The van der Waals surface area contributed by atoms with Gasteiger partial charge in [-0.2, -0.15) is 0 Å². The fourth-order valence-corrected chi connectivity index (χ4v) is 4.72. The van der Waals surface area contributed by atoms with Crippen LogP contribution in [0.3, 0.4) is 0 Å². The minimum Gasteiger partial charge on any atom is -0.354 e. The molecule has 6 heteroatoms. The van der Waals surface area contributed by atoms with Gasteiger partial charge in [-0.25, -0.2) is 4.39 Å². The first kappa shape index (κ1) is 27.5. The lowest BCUT2D eigenvalue weighted by atomic mass is 10.0. The number of hydrogen-bond acceptors (Lipinski definition) is 3. The van der Waals surface area contributed by atoms with Crippen molar-refractivity contribution in [3.05, 3.63) is 101 Å². The van der Waals surface area contributed by atoms with Crippen LogP contribution in [0.2, 0.25) is 0 Å². The van der Waals surface area contributed by atoms with Crippen LogP contribution in [0.4, 0.5) is 4.39 Å². The first-order valence-corrected chi connectivity index (χ1v) is 13.5. The molecule has 1 N–H and O–H groups in total. The van der Waals surface area contributed by atoms with Crippen LogP contribution in [0, 0.1) is 12.7 Å². The van der Waals surface area contributed by atoms with Crippen LogP contribution in [0.5, 0.6) is 0 Å². The largest absolute Gasteiger partial charge is 0.354 e. The fourth-order valence-electron chi connectivity index (χ4n) is 3.88. The summed E-state index contributed by atoms with van der Waals surface area (Å²) in [5.41, 5.74) is 2.97. The van der Waals surface area contributed by atoms with Crippen LogP contribution < -0.4 is 5.32 Å². The van der Waals surface area contributed by atoms with E-state index in [0.717, 1.165) is 28.9 Å². The summed E-state index contributed by atoms with van der Waals surface area (Å²) in [7, 11) is 0. The predicted molar refractivity (Wildman–Crippen MR) is 145 cm³/mol. The molecule has 2 amide bonds. The average Bonchev–Trinajstić information content (AvgIpc) is 2.89. The Balaban J connectivity index is 1.81. The maximum absolute atomic E-state index is 13.6. The Morgan fingerprint density at radius 1 is 0.944 bits per heavy atom. The van der Waals surface area contributed by atoms with Gasteiger partial charge in [0.1, 0.15) is 11.9 Å². The highest BCUT2D eigenvalue weighted by Crippen LogP contribution is 2.21. The molecule has 0 aliphatic heterocycles. The van der Waals surface area contributed by atoms with Crippen molar-refractivity contribution in [3.8, 4) is 0 Å². The van der Waals surface area contributed by atoms with Crippen molar-refractivity contribution in [2.24, 2.45) is 0 Å². The molecule has 0 saturated carbocycles. The van der Waals surface area contributed by atoms with Crippen LogP contribution in [0.15, 0.2) is 83.8 Å². The topological polar surface area (TPSA) is 49.4 Å². The number of rotatable bonds is 13. The van der Waals surface area contributed by atoms with Gasteiger partial charge < -0.3 is 10.2 Å². The maximum Gasteiger partial charge on any atom is 0.243 e. The molecule has 0 fully saturated rings. The molecule has 190 valence electrons. The third kappa shape index (κ3) is 8.83. The molecule has 3 aromatic rings. The zero-order valence-electron chi connectivity index (χ0n) is 21.1. The molecule has 4 nitrogen and oxygen atoms in total. The van der Waals surface area contributed by atoms with Gasteiger partial charge >= 0.3 is 0 Å². The summed E-state index contributed by atoms with van der Waals surface area (Å²) in [6.45, 7) is 4.93. The number of unbranched alkanes of at least 4 members (excludes halogenated alkanes) is 1. The normalized spacial score (nSPS) is 11.6.